The first-order valence-electron chi connectivity index (χ1n) is 6.69. The number of amides is 3. The molecule has 1 aliphatic heterocycles. The number of carbonyl (C=O) groups excluding carboxylic acids is 3. The van der Waals surface area contributed by atoms with Crippen LogP contribution in [0, 0.1) is 5.92 Å². The highest BCUT2D eigenvalue weighted by Gasteiger charge is 2.29. The van der Waals surface area contributed by atoms with Gasteiger partial charge in [-0.05, 0) is 25.2 Å². The Morgan fingerprint density at radius 3 is 2.50 bits per heavy atom. The highest BCUT2D eigenvalue weighted by atomic mass is 16.2. The molecule has 3 amide bonds. The van der Waals surface area contributed by atoms with Crippen LogP contribution in [-0.4, -0.2) is 35.2 Å². The first-order chi connectivity index (χ1) is 8.56. The molecule has 2 aliphatic rings. The van der Waals surface area contributed by atoms with E-state index < -0.39 is 0 Å². The first kappa shape index (κ1) is 13.1. The Morgan fingerprint density at radius 1 is 1.28 bits per heavy atom. The maximum atomic E-state index is 11.7. The van der Waals surface area contributed by atoms with Crippen molar-refractivity contribution in [3.05, 3.63) is 0 Å². The molecule has 0 spiro atoms. The van der Waals surface area contributed by atoms with E-state index >= 15 is 0 Å². The Kier molecular flexibility index (Phi) is 3.99. The summed E-state index contributed by atoms with van der Waals surface area (Å²) in [5.74, 6) is 0.322. The SMILES string of the molecule is CC1CCC(NC(=O)CCN2C(=O)CCC2=O)C1. The van der Waals surface area contributed by atoms with Crippen LogP contribution >= 0.6 is 0 Å². The van der Waals surface area contributed by atoms with Crippen molar-refractivity contribution in [3.8, 4) is 0 Å². The van der Waals surface area contributed by atoms with Crippen molar-refractivity contribution in [1.82, 2.24) is 10.2 Å². The van der Waals surface area contributed by atoms with Gasteiger partial charge < -0.3 is 5.32 Å². The molecule has 0 bridgehead atoms. The van der Waals surface area contributed by atoms with Crippen molar-refractivity contribution < 1.29 is 14.4 Å². The molecule has 5 nitrogen and oxygen atoms in total. The van der Waals surface area contributed by atoms with Gasteiger partial charge >= 0.3 is 0 Å². The summed E-state index contributed by atoms with van der Waals surface area (Å²) in [5, 5.41) is 2.97. The number of hydrogen-bond donors (Lipinski definition) is 1. The normalized spacial score (nSPS) is 27.9. The second kappa shape index (κ2) is 5.50. The van der Waals surface area contributed by atoms with E-state index in [0.717, 1.165) is 19.3 Å². The minimum atomic E-state index is -0.151. The van der Waals surface area contributed by atoms with Crippen molar-refractivity contribution in [1.29, 1.82) is 0 Å². The molecule has 2 fully saturated rings. The maximum Gasteiger partial charge on any atom is 0.229 e. The van der Waals surface area contributed by atoms with E-state index in [1.54, 1.807) is 0 Å². The molecule has 0 aromatic heterocycles. The third kappa shape index (κ3) is 3.09. The maximum absolute atomic E-state index is 11.7. The van der Waals surface area contributed by atoms with Crippen molar-refractivity contribution >= 4 is 17.7 Å². The van der Waals surface area contributed by atoms with Gasteiger partial charge in [-0.3, -0.25) is 19.3 Å². The molecule has 0 aromatic carbocycles. The van der Waals surface area contributed by atoms with E-state index in [4.69, 9.17) is 0 Å². The lowest BCUT2D eigenvalue weighted by Gasteiger charge is -2.15. The van der Waals surface area contributed by atoms with Gasteiger partial charge in [-0.2, -0.15) is 0 Å². The van der Waals surface area contributed by atoms with E-state index in [1.165, 1.54) is 4.90 Å². The van der Waals surface area contributed by atoms with E-state index in [0.29, 0.717) is 18.8 Å². The molecule has 1 aliphatic carbocycles. The van der Waals surface area contributed by atoms with E-state index in [-0.39, 0.29) is 36.7 Å². The molecule has 2 unspecified atom stereocenters. The predicted octanol–water partition coefficient (Wildman–Crippen LogP) is 0.830. The lowest BCUT2D eigenvalue weighted by Crippen LogP contribution is -2.37. The number of nitrogens with zero attached hydrogens (tertiary/aromatic N) is 1. The zero-order valence-corrected chi connectivity index (χ0v) is 10.8. The summed E-state index contributed by atoms with van der Waals surface area (Å²) in [6.07, 6.45) is 4.04. The lowest BCUT2D eigenvalue weighted by molar-refractivity contribution is -0.138. The molecule has 1 N–H and O–H groups in total. The number of rotatable bonds is 4. The molecule has 5 heteroatoms. The van der Waals surface area contributed by atoms with E-state index in [2.05, 4.69) is 12.2 Å². The highest BCUT2D eigenvalue weighted by molar-refractivity contribution is 6.02. The van der Waals surface area contributed by atoms with Crippen LogP contribution < -0.4 is 5.32 Å². The summed E-state index contributed by atoms with van der Waals surface area (Å²) >= 11 is 0. The topological polar surface area (TPSA) is 66.5 Å². The van der Waals surface area contributed by atoms with Crippen LogP contribution in [0.25, 0.3) is 0 Å². The Bertz CT molecular complexity index is 351. The summed E-state index contributed by atoms with van der Waals surface area (Å²) in [5.41, 5.74) is 0. The monoisotopic (exact) mass is 252 g/mol. The Hall–Kier alpha value is -1.39. The van der Waals surface area contributed by atoms with Gasteiger partial charge in [-0.1, -0.05) is 6.92 Å². The van der Waals surface area contributed by atoms with Crippen molar-refractivity contribution in [2.45, 2.75) is 51.5 Å². The fraction of sp³-hybridized carbons (Fsp3) is 0.769. The minimum Gasteiger partial charge on any atom is -0.353 e. The van der Waals surface area contributed by atoms with Gasteiger partial charge in [0.2, 0.25) is 17.7 Å². The van der Waals surface area contributed by atoms with E-state index in [1.807, 2.05) is 0 Å². The fourth-order valence-corrected chi connectivity index (χ4v) is 2.72. The zero-order valence-electron chi connectivity index (χ0n) is 10.8. The lowest BCUT2D eigenvalue weighted by atomic mass is 10.1. The van der Waals surface area contributed by atoms with Gasteiger partial charge in [-0.25, -0.2) is 0 Å². The van der Waals surface area contributed by atoms with E-state index in [9.17, 15) is 14.4 Å². The standard InChI is InChI=1S/C13H20N2O3/c1-9-2-3-10(8-9)14-11(16)6-7-15-12(17)4-5-13(15)18/h9-10H,2-8H2,1H3,(H,14,16). The second-order valence-corrected chi connectivity index (χ2v) is 5.37. The smallest absolute Gasteiger partial charge is 0.229 e. The van der Waals surface area contributed by atoms with Gasteiger partial charge in [0.05, 0.1) is 0 Å². The van der Waals surface area contributed by atoms with Gasteiger partial charge in [0.1, 0.15) is 0 Å². The molecule has 100 valence electrons. The fourth-order valence-electron chi connectivity index (χ4n) is 2.72. The summed E-state index contributed by atoms with van der Waals surface area (Å²) in [6, 6.07) is 0.275. The highest BCUT2D eigenvalue weighted by Crippen LogP contribution is 2.24. The van der Waals surface area contributed by atoms with Crippen molar-refractivity contribution in [2.75, 3.05) is 6.54 Å². The molecule has 2 atom stereocenters. The van der Waals surface area contributed by atoms with Gasteiger partial charge in [0.15, 0.2) is 0 Å². The van der Waals surface area contributed by atoms with Crippen molar-refractivity contribution in [3.63, 3.8) is 0 Å². The third-order valence-electron chi connectivity index (χ3n) is 3.78. The second-order valence-electron chi connectivity index (χ2n) is 5.37. The number of hydrogen-bond acceptors (Lipinski definition) is 3. The summed E-state index contributed by atoms with van der Waals surface area (Å²) in [6.45, 7) is 2.42. The Labute approximate surface area is 107 Å². The van der Waals surface area contributed by atoms with Crippen LogP contribution in [0.2, 0.25) is 0 Å². The van der Waals surface area contributed by atoms with Crippen LogP contribution in [-0.2, 0) is 14.4 Å². The molecular formula is C13H20N2O3. The van der Waals surface area contributed by atoms with Gasteiger partial charge in [0, 0.05) is 31.8 Å². The average Bonchev–Trinajstić information content (AvgIpc) is 2.84. The summed E-state index contributed by atoms with van der Waals surface area (Å²) in [7, 11) is 0. The number of imide groups is 1. The molecule has 18 heavy (non-hydrogen) atoms. The van der Waals surface area contributed by atoms with Crippen LogP contribution in [0.15, 0.2) is 0 Å². The molecule has 2 rings (SSSR count). The molecule has 1 saturated carbocycles. The molecule has 0 aromatic rings. The largest absolute Gasteiger partial charge is 0.353 e. The Balaban J connectivity index is 1.71. The zero-order chi connectivity index (χ0) is 13.1. The van der Waals surface area contributed by atoms with Gasteiger partial charge in [0.25, 0.3) is 0 Å². The van der Waals surface area contributed by atoms with Crippen LogP contribution in [0.4, 0.5) is 0 Å². The Morgan fingerprint density at radius 2 is 1.94 bits per heavy atom. The predicted molar refractivity (Wildman–Crippen MR) is 65.5 cm³/mol. The first-order valence-corrected chi connectivity index (χ1v) is 6.69. The summed E-state index contributed by atoms with van der Waals surface area (Å²) in [4.78, 5) is 35.6. The quantitative estimate of drug-likeness (QED) is 0.754. The number of likely N-dealkylation sites (tertiary alicyclic amines) is 1. The third-order valence-corrected chi connectivity index (χ3v) is 3.78. The van der Waals surface area contributed by atoms with Crippen molar-refractivity contribution in [2.24, 2.45) is 5.92 Å². The van der Waals surface area contributed by atoms with Crippen LogP contribution in [0.3, 0.4) is 0 Å². The molecule has 1 heterocycles. The molecule has 0 radical (unpaired) electrons. The molecule has 1 saturated heterocycles. The number of carbonyl (C=O) groups is 3. The summed E-state index contributed by atoms with van der Waals surface area (Å²) < 4.78 is 0. The molecular weight excluding hydrogens is 232 g/mol. The minimum absolute atomic E-state index is 0.0541. The number of nitrogens with one attached hydrogen (secondary N) is 1. The van der Waals surface area contributed by atoms with Crippen LogP contribution in [0.5, 0.6) is 0 Å². The average molecular weight is 252 g/mol. The van der Waals surface area contributed by atoms with Gasteiger partial charge in [-0.15, -0.1) is 0 Å². The van der Waals surface area contributed by atoms with Crippen LogP contribution in [0.1, 0.15) is 45.4 Å².